The lowest BCUT2D eigenvalue weighted by Crippen LogP contribution is -2.55. The van der Waals surface area contributed by atoms with Crippen molar-refractivity contribution in [3.05, 3.63) is 23.8 Å². The van der Waals surface area contributed by atoms with Gasteiger partial charge in [-0.25, -0.2) is 0 Å². The first-order valence-corrected chi connectivity index (χ1v) is 7.76. The van der Waals surface area contributed by atoms with Gasteiger partial charge >= 0.3 is 0 Å². The third-order valence-corrected chi connectivity index (χ3v) is 4.09. The van der Waals surface area contributed by atoms with Crippen LogP contribution in [0.5, 0.6) is 5.75 Å². The van der Waals surface area contributed by atoms with Crippen molar-refractivity contribution in [3.8, 4) is 5.75 Å². The lowest BCUT2D eigenvalue weighted by Gasteiger charge is -2.30. The van der Waals surface area contributed by atoms with Crippen molar-refractivity contribution in [2.24, 2.45) is 0 Å². The van der Waals surface area contributed by atoms with Crippen LogP contribution in [-0.2, 0) is 14.3 Å². The van der Waals surface area contributed by atoms with Gasteiger partial charge < -0.3 is 25.4 Å². The van der Waals surface area contributed by atoms with Crippen molar-refractivity contribution in [2.45, 2.75) is 32.0 Å². The van der Waals surface area contributed by atoms with Crippen LogP contribution in [0.4, 0.5) is 5.69 Å². The van der Waals surface area contributed by atoms with Gasteiger partial charge in [-0.15, -0.1) is 0 Å². The molecule has 2 heterocycles. The number of morpholine rings is 1. The van der Waals surface area contributed by atoms with E-state index in [0.717, 1.165) is 5.56 Å². The molecule has 7 nitrogen and oxygen atoms in total. The van der Waals surface area contributed by atoms with Crippen LogP contribution in [0.2, 0.25) is 0 Å². The first-order valence-electron chi connectivity index (χ1n) is 7.76. The number of amides is 2. The Hall–Kier alpha value is -2.12. The van der Waals surface area contributed by atoms with E-state index in [4.69, 9.17) is 9.47 Å². The molecule has 0 radical (unpaired) electrons. The van der Waals surface area contributed by atoms with Gasteiger partial charge in [0.15, 0.2) is 6.61 Å². The topological polar surface area (TPSA) is 88.7 Å². The van der Waals surface area contributed by atoms with Gasteiger partial charge in [0.2, 0.25) is 5.91 Å². The van der Waals surface area contributed by atoms with Crippen LogP contribution in [0.15, 0.2) is 18.2 Å². The zero-order valence-corrected chi connectivity index (χ0v) is 13.2. The minimum absolute atomic E-state index is 0.0316. The van der Waals surface area contributed by atoms with Gasteiger partial charge in [-0.3, -0.25) is 9.59 Å². The normalized spacial score (nSPS) is 24.9. The Labute approximate surface area is 134 Å². The van der Waals surface area contributed by atoms with Gasteiger partial charge in [-0.2, -0.15) is 0 Å². The zero-order chi connectivity index (χ0) is 16.4. The summed E-state index contributed by atoms with van der Waals surface area (Å²) in [6, 6.07) is 4.97. The average molecular weight is 319 g/mol. The van der Waals surface area contributed by atoms with Crippen molar-refractivity contribution in [2.75, 3.05) is 25.1 Å². The van der Waals surface area contributed by atoms with Crippen LogP contribution in [0, 0.1) is 0 Å². The molecule has 0 spiro atoms. The second kappa shape index (κ2) is 6.55. The molecule has 2 aliphatic heterocycles. The highest BCUT2D eigenvalue weighted by atomic mass is 16.5. The Balaban J connectivity index is 1.68. The maximum atomic E-state index is 12.4. The monoisotopic (exact) mass is 319 g/mol. The van der Waals surface area contributed by atoms with Crippen molar-refractivity contribution in [1.29, 1.82) is 0 Å². The van der Waals surface area contributed by atoms with E-state index in [9.17, 15) is 9.59 Å². The van der Waals surface area contributed by atoms with Crippen molar-refractivity contribution in [3.63, 3.8) is 0 Å². The number of ether oxygens (including phenoxy) is 2. The summed E-state index contributed by atoms with van der Waals surface area (Å²) in [5, 5.41) is 8.92. The van der Waals surface area contributed by atoms with Crippen LogP contribution in [0.3, 0.4) is 0 Å². The SMILES string of the molecule is CC(NC(=O)[C@H]1NCCO[C@@H]1C)c1ccc2c(c1)NC(=O)CO2. The number of hydrogen-bond donors (Lipinski definition) is 3. The van der Waals surface area contributed by atoms with Gasteiger partial charge in [0, 0.05) is 6.54 Å². The molecule has 1 aromatic carbocycles. The molecular weight excluding hydrogens is 298 g/mol. The van der Waals surface area contributed by atoms with Gasteiger partial charge in [-0.05, 0) is 31.5 Å². The summed E-state index contributed by atoms with van der Waals surface area (Å²) in [7, 11) is 0. The Morgan fingerprint density at radius 2 is 2.26 bits per heavy atom. The largest absolute Gasteiger partial charge is 0.482 e. The summed E-state index contributed by atoms with van der Waals surface area (Å²) in [4.78, 5) is 23.8. The Morgan fingerprint density at radius 3 is 3.04 bits per heavy atom. The fraction of sp³-hybridized carbons (Fsp3) is 0.500. The number of carbonyl (C=O) groups excluding carboxylic acids is 2. The second-order valence-corrected chi connectivity index (χ2v) is 5.83. The van der Waals surface area contributed by atoms with E-state index in [1.54, 1.807) is 6.07 Å². The van der Waals surface area contributed by atoms with Crippen LogP contribution >= 0.6 is 0 Å². The van der Waals surface area contributed by atoms with Crippen LogP contribution in [0.1, 0.15) is 25.5 Å². The van der Waals surface area contributed by atoms with Gasteiger partial charge in [0.05, 0.1) is 24.4 Å². The lowest BCUT2D eigenvalue weighted by atomic mass is 10.0. The minimum Gasteiger partial charge on any atom is -0.482 e. The number of carbonyl (C=O) groups is 2. The molecule has 0 aliphatic carbocycles. The molecule has 1 saturated heterocycles. The molecule has 1 fully saturated rings. The Kier molecular flexibility index (Phi) is 4.49. The van der Waals surface area contributed by atoms with E-state index in [0.29, 0.717) is 24.6 Å². The molecule has 124 valence electrons. The van der Waals surface area contributed by atoms with Crippen molar-refractivity contribution < 1.29 is 19.1 Å². The molecule has 2 aliphatic rings. The first kappa shape index (κ1) is 15.8. The first-order chi connectivity index (χ1) is 11.0. The molecule has 3 atom stereocenters. The van der Waals surface area contributed by atoms with Crippen molar-refractivity contribution in [1.82, 2.24) is 10.6 Å². The third kappa shape index (κ3) is 3.46. The van der Waals surface area contributed by atoms with E-state index in [1.165, 1.54) is 0 Å². The molecular formula is C16H21N3O4. The van der Waals surface area contributed by atoms with E-state index in [1.807, 2.05) is 26.0 Å². The highest BCUT2D eigenvalue weighted by molar-refractivity contribution is 5.95. The number of fused-ring (bicyclic) bond motifs is 1. The number of hydrogen-bond acceptors (Lipinski definition) is 5. The highest BCUT2D eigenvalue weighted by Gasteiger charge is 2.29. The zero-order valence-electron chi connectivity index (χ0n) is 13.2. The summed E-state index contributed by atoms with van der Waals surface area (Å²) < 4.78 is 10.8. The summed E-state index contributed by atoms with van der Waals surface area (Å²) in [5.74, 6) is 0.370. The third-order valence-electron chi connectivity index (χ3n) is 4.09. The lowest BCUT2D eigenvalue weighted by molar-refractivity contribution is -0.129. The smallest absolute Gasteiger partial charge is 0.262 e. The number of benzene rings is 1. The molecule has 23 heavy (non-hydrogen) atoms. The highest BCUT2D eigenvalue weighted by Crippen LogP contribution is 2.30. The molecule has 0 saturated carbocycles. The van der Waals surface area contributed by atoms with E-state index in [-0.39, 0.29) is 36.6 Å². The number of rotatable bonds is 3. The Morgan fingerprint density at radius 1 is 1.43 bits per heavy atom. The van der Waals surface area contributed by atoms with Gasteiger partial charge in [0.1, 0.15) is 11.8 Å². The van der Waals surface area contributed by atoms with Crippen LogP contribution < -0.4 is 20.7 Å². The number of anilines is 1. The Bertz CT molecular complexity index is 619. The molecule has 2 amide bonds. The van der Waals surface area contributed by atoms with Gasteiger partial charge in [-0.1, -0.05) is 6.07 Å². The quantitative estimate of drug-likeness (QED) is 0.758. The average Bonchev–Trinajstić information content (AvgIpc) is 2.54. The van der Waals surface area contributed by atoms with E-state index < -0.39 is 0 Å². The molecule has 7 heteroatoms. The summed E-state index contributed by atoms with van der Waals surface area (Å²) in [6.07, 6.45) is -0.160. The van der Waals surface area contributed by atoms with E-state index >= 15 is 0 Å². The molecule has 3 N–H and O–H groups in total. The molecule has 1 unspecified atom stereocenters. The maximum absolute atomic E-state index is 12.4. The summed E-state index contributed by atoms with van der Waals surface area (Å²) in [5.41, 5.74) is 1.53. The minimum atomic E-state index is -0.355. The van der Waals surface area contributed by atoms with Crippen LogP contribution in [-0.4, -0.2) is 43.7 Å². The molecule has 1 aromatic rings. The fourth-order valence-corrected chi connectivity index (χ4v) is 2.78. The van der Waals surface area contributed by atoms with Crippen molar-refractivity contribution >= 4 is 17.5 Å². The predicted octanol–water partition coefficient (Wildman–Crippen LogP) is 0.572. The maximum Gasteiger partial charge on any atom is 0.262 e. The predicted molar refractivity (Wildman–Crippen MR) is 84.3 cm³/mol. The summed E-state index contributed by atoms with van der Waals surface area (Å²) in [6.45, 7) is 5.10. The van der Waals surface area contributed by atoms with E-state index in [2.05, 4.69) is 16.0 Å². The molecule has 0 bridgehead atoms. The standard InChI is InChI=1S/C16H21N3O4/c1-9(18-16(21)15-10(2)22-6-5-17-15)11-3-4-13-12(7-11)19-14(20)8-23-13/h3-4,7,9-10,15,17H,5-6,8H2,1-2H3,(H,18,21)(H,19,20)/t9?,10-,15+/m1/s1. The second-order valence-electron chi connectivity index (χ2n) is 5.83. The molecule has 3 rings (SSSR count). The van der Waals surface area contributed by atoms with Crippen LogP contribution in [0.25, 0.3) is 0 Å². The molecule has 0 aromatic heterocycles. The fourth-order valence-electron chi connectivity index (χ4n) is 2.78. The summed E-state index contributed by atoms with van der Waals surface area (Å²) >= 11 is 0. The number of nitrogens with one attached hydrogen (secondary N) is 3. The van der Waals surface area contributed by atoms with Gasteiger partial charge in [0.25, 0.3) is 5.91 Å².